The molecule has 0 radical (unpaired) electrons. The van der Waals surface area contributed by atoms with Crippen LogP contribution in [0.15, 0.2) is 16.6 Å². The minimum Gasteiger partial charge on any atom is -0.296 e. The highest BCUT2D eigenvalue weighted by Gasteiger charge is 2.17. The zero-order valence-electron chi connectivity index (χ0n) is 9.81. The molecule has 0 saturated carbocycles. The zero-order valence-corrected chi connectivity index (χ0v) is 13.0. The van der Waals surface area contributed by atoms with Gasteiger partial charge in [-0.3, -0.25) is 4.90 Å². The highest BCUT2D eigenvalue weighted by Crippen LogP contribution is 2.23. The summed E-state index contributed by atoms with van der Waals surface area (Å²) in [6.07, 6.45) is 0. The molecule has 0 aliphatic carbocycles. The highest BCUT2D eigenvalue weighted by molar-refractivity contribution is 9.10. The molecule has 0 saturated heterocycles. The van der Waals surface area contributed by atoms with Gasteiger partial charge in [-0.25, -0.2) is 8.78 Å². The molecule has 5 heteroatoms. The van der Waals surface area contributed by atoms with Crippen LogP contribution in [0.5, 0.6) is 0 Å². The summed E-state index contributed by atoms with van der Waals surface area (Å²) in [4.78, 5) is 2.02. The first-order chi connectivity index (χ1) is 7.97. The smallest absolute Gasteiger partial charge is 0.144 e. The lowest BCUT2D eigenvalue weighted by atomic mass is 10.1. The van der Waals surface area contributed by atoms with E-state index in [1.54, 1.807) is 0 Å². The number of alkyl halides is 1. The number of rotatable bonds is 5. The molecule has 0 fully saturated rings. The molecule has 0 aromatic heterocycles. The van der Waals surface area contributed by atoms with Crippen LogP contribution in [-0.4, -0.2) is 22.8 Å². The van der Waals surface area contributed by atoms with Gasteiger partial charge >= 0.3 is 0 Å². The predicted octanol–water partition coefficient (Wildman–Crippen LogP) is 4.33. The highest BCUT2D eigenvalue weighted by atomic mass is 79.9. The first-order valence-corrected chi connectivity index (χ1v) is 7.31. The Labute approximate surface area is 117 Å². The Hall–Kier alpha value is -0.0000000000000000555. The van der Waals surface area contributed by atoms with Crippen LogP contribution in [0, 0.1) is 11.6 Å². The predicted molar refractivity (Wildman–Crippen MR) is 73.4 cm³/mol. The number of hydrogen-bond acceptors (Lipinski definition) is 1. The zero-order chi connectivity index (χ0) is 13.0. The van der Waals surface area contributed by atoms with Gasteiger partial charge in [0, 0.05) is 30.0 Å². The summed E-state index contributed by atoms with van der Waals surface area (Å²) in [5.41, 5.74) is 0.119. The van der Waals surface area contributed by atoms with Gasteiger partial charge in [0.2, 0.25) is 0 Å². The maximum absolute atomic E-state index is 13.8. The van der Waals surface area contributed by atoms with Gasteiger partial charge in [-0.15, -0.1) is 0 Å². The van der Waals surface area contributed by atoms with E-state index in [1.165, 1.54) is 12.1 Å². The summed E-state index contributed by atoms with van der Waals surface area (Å²) in [5, 5.41) is 0.780. The average Bonchev–Trinajstić information content (AvgIpc) is 2.28. The summed E-state index contributed by atoms with van der Waals surface area (Å²) < 4.78 is 27.7. The van der Waals surface area contributed by atoms with Crippen molar-refractivity contribution in [2.75, 3.05) is 11.9 Å². The lowest BCUT2D eigenvalue weighted by Gasteiger charge is -2.26. The van der Waals surface area contributed by atoms with E-state index in [2.05, 4.69) is 31.9 Å². The molecule has 1 nitrogen and oxygen atoms in total. The lowest BCUT2D eigenvalue weighted by Crippen LogP contribution is -2.32. The SMILES string of the molecule is CC(C)N(CCBr)Cc1c(F)ccc(Br)c1F. The van der Waals surface area contributed by atoms with Crippen LogP contribution in [0.4, 0.5) is 8.78 Å². The minimum absolute atomic E-state index is 0.119. The second-order valence-electron chi connectivity index (χ2n) is 4.07. The Morgan fingerprint density at radius 2 is 1.94 bits per heavy atom. The third kappa shape index (κ3) is 4.00. The third-order valence-corrected chi connectivity index (χ3v) is 3.57. The number of nitrogens with zero attached hydrogens (tertiary/aromatic N) is 1. The fourth-order valence-corrected chi connectivity index (χ4v) is 2.37. The Balaban J connectivity index is 2.96. The molecule has 1 aromatic carbocycles. The molecule has 0 atom stereocenters. The molecule has 1 rings (SSSR count). The van der Waals surface area contributed by atoms with Gasteiger partial charge in [-0.2, -0.15) is 0 Å². The number of hydrogen-bond donors (Lipinski definition) is 0. The van der Waals surface area contributed by atoms with Crippen LogP contribution in [-0.2, 0) is 6.54 Å². The molecular weight excluding hydrogens is 356 g/mol. The van der Waals surface area contributed by atoms with Crippen molar-refractivity contribution >= 4 is 31.9 Å². The summed E-state index contributed by atoms with van der Waals surface area (Å²) in [7, 11) is 0. The molecule has 0 unspecified atom stereocenters. The van der Waals surface area contributed by atoms with Gasteiger partial charge in [-0.05, 0) is 41.9 Å². The summed E-state index contributed by atoms with van der Waals surface area (Å²) in [6, 6.07) is 2.92. The molecule has 0 aliphatic rings. The van der Waals surface area contributed by atoms with Crippen LogP contribution in [0.2, 0.25) is 0 Å². The van der Waals surface area contributed by atoms with Crippen molar-refractivity contribution < 1.29 is 8.78 Å². The van der Waals surface area contributed by atoms with Gasteiger partial charge in [0.1, 0.15) is 11.6 Å². The van der Waals surface area contributed by atoms with E-state index in [4.69, 9.17) is 0 Å². The summed E-state index contributed by atoms with van der Waals surface area (Å²) in [5.74, 6) is -1.00. The van der Waals surface area contributed by atoms with Crippen molar-refractivity contribution in [3.05, 3.63) is 33.8 Å². The normalized spacial score (nSPS) is 11.5. The maximum Gasteiger partial charge on any atom is 0.144 e. The van der Waals surface area contributed by atoms with Gasteiger partial charge in [0.15, 0.2) is 0 Å². The summed E-state index contributed by atoms with van der Waals surface area (Å²) >= 11 is 6.42. The first-order valence-electron chi connectivity index (χ1n) is 5.39. The van der Waals surface area contributed by atoms with Crippen LogP contribution in [0.3, 0.4) is 0 Å². The van der Waals surface area contributed by atoms with Gasteiger partial charge in [0.25, 0.3) is 0 Å². The van der Waals surface area contributed by atoms with E-state index in [9.17, 15) is 8.78 Å². The minimum atomic E-state index is -0.509. The Bertz CT molecular complexity index is 383. The topological polar surface area (TPSA) is 3.24 Å². The van der Waals surface area contributed by atoms with Crippen LogP contribution in [0.25, 0.3) is 0 Å². The fourth-order valence-electron chi connectivity index (χ4n) is 1.55. The average molecular weight is 371 g/mol. The largest absolute Gasteiger partial charge is 0.296 e. The molecule has 17 heavy (non-hydrogen) atoms. The van der Waals surface area contributed by atoms with Crippen molar-refractivity contribution in [2.45, 2.75) is 26.4 Å². The number of halogens is 4. The Morgan fingerprint density at radius 1 is 1.29 bits per heavy atom. The van der Waals surface area contributed by atoms with Crippen molar-refractivity contribution in [1.29, 1.82) is 0 Å². The van der Waals surface area contributed by atoms with E-state index in [0.717, 1.165) is 11.9 Å². The van der Waals surface area contributed by atoms with E-state index in [0.29, 0.717) is 4.47 Å². The molecule has 0 spiro atoms. The van der Waals surface area contributed by atoms with Gasteiger partial charge < -0.3 is 0 Å². The standard InChI is InChI=1S/C12H15Br2F2N/c1-8(2)17(6-5-13)7-9-11(15)4-3-10(14)12(9)16/h3-4,8H,5-7H2,1-2H3. The monoisotopic (exact) mass is 369 g/mol. The van der Waals surface area contributed by atoms with E-state index >= 15 is 0 Å². The molecule has 0 aliphatic heterocycles. The third-order valence-electron chi connectivity index (χ3n) is 2.60. The second kappa shape index (κ2) is 6.81. The lowest BCUT2D eigenvalue weighted by molar-refractivity contribution is 0.221. The number of benzene rings is 1. The molecule has 96 valence electrons. The first kappa shape index (κ1) is 15.1. The van der Waals surface area contributed by atoms with Crippen LogP contribution >= 0.6 is 31.9 Å². The second-order valence-corrected chi connectivity index (χ2v) is 5.72. The van der Waals surface area contributed by atoms with Crippen molar-refractivity contribution in [2.24, 2.45) is 0 Å². The Kier molecular flexibility index (Phi) is 6.03. The van der Waals surface area contributed by atoms with E-state index < -0.39 is 11.6 Å². The fraction of sp³-hybridized carbons (Fsp3) is 0.500. The van der Waals surface area contributed by atoms with Crippen molar-refractivity contribution in [3.63, 3.8) is 0 Å². The molecule has 0 heterocycles. The van der Waals surface area contributed by atoms with Gasteiger partial charge in [-0.1, -0.05) is 15.9 Å². The van der Waals surface area contributed by atoms with E-state index in [1.807, 2.05) is 18.7 Å². The molecule has 0 N–H and O–H groups in total. The van der Waals surface area contributed by atoms with Crippen molar-refractivity contribution in [3.8, 4) is 0 Å². The van der Waals surface area contributed by atoms with Crippen LogP contribution in [0.1, 0.15) is 19.4 Å². The maximum atomic E-state index is 13.8. The van der Waals surface area contributed by atoms with Crippen LogP contribution < -0.4 is 0 Å². The quantitative estimate of drug-likeness (QED) is 0.550. The Morgan fingerprint density at radius 3 is 2.47 bits per heavy atom. The van der Waals surface area contributed by atoms with E-state index in [-0.39, 0.29) is 18.2 Å². The molecular formula is C12H15Br2F2N. The molecule has 1 aromatic rings. The molecule has 0 amide bonds. The van der Waals surface area contributed by atoms with Crippen molar-refractivity contribution in [1.82, 2.24) is 4.90 Å². The molecule has 0 bridgehead atoms. The van der Waals surface area contributed by atoms with Gasteiger partial charge in [0.05, 0.1) is 4.47 Å². The summed E-state index contributed by atoms with van der Waals surface area (Å²) in [6.45, 7) is 5.05.